The van der Waals surface area contributed by atoms with Crippen LogP contribution < -0.4 is 10.6 Å². The summed E-state index contributed by atoms with van der Waals surface area (Å²) in [6, 6.07) is 7.46. The minimum Gasteiger partial charge on any atom is -0.465 e. The van der Waals surface area contributed by atoms with Gasteiger partial charge in [-0.3, -0.25) is 4.98 Å². The Kier molecular flexibility index (Phi) is 4.71. The van der Waals surface area contributed by atoms with Gasteiger partial charge in [0.2, 0.25) is 0 Å². The molecule has 0 saturated heterocycles. The van der Waals surface area contributed by atoms with Gasteiger partial charge in [0.15, 0.2) is 0 Å². The average molecular weight is 286 g/mol. The zero-order valence-corrected chi connectivity index (χ0v) is 12.1. The zero-order chi connectivity index (χ0) is 15.2. The molecular weight excluding hydrogens is 268 g/mol. The van der Waals surface area contributed by atoms with E-state index >= 15 is 0 Å². The van der Waals surface area contributed by atoms with Crippen LogP contribution in [0.15, 0.2) is 36.7 Å². The van der Waals surface area contributed by atoms with Gasteiger partial charge < -0.3 is 15.4 Å². The van der Waals surface area contributed by atoms with E-state index in [2.05, 4.69) is 9.97 Å². The molecule has 0 aliphatic heterocycles. The third kappa shape index (κ3) is 3.68. The summed E-state index contributed by atoms with van der Waals surface area (Å²) < 4.78 is 4.71. The summed E-state index contributed by atoms with van der Waals surface area (Å²) >= 11 is 0. The van der Waals surface area contributed by atoms with Gasteiger partial charge >= 0.3 is 5.97 Å². The minimum absolute atomic E-state index is 0.309. The first kappa shape index (κ1) is 14.8. The second-order valence-corrected chi connectivity index (χ2v) is 4.61. The smallest absolute Gasteiger partial charge is 0.340 e. The Hall–Kier alpha value is -2.63. The van der Waals surface area contributed by atoms with Crippen molar-refractivity contribution in [2.24, 2.45) is 0 Å². The van der Waals surface area contributed by atoms with Crippen LogP contribution in [0.25, 0.3) is 0 Å². The average Bonchev–Trinajstić information content (AvgIpc) is 2.53. The number of ether oxygens (including phenoxy) is 1. The maximum atomic E-state index is 11.6. The van der Waals surface area contributed by atoms with E-state index in [0.717, 1.165) is 18.7 Å². The molecule has 0 unspecified atom stereocenters. The van der Waals surface area contributed by atoms with Crippen LogP contribution in [-0.4, -0.2) is 36.6 Å². The van der Waals surface area contributed by atoms with Gasteiger partial charge in [0.05, 0.1) is 24.6 Å². The fraction of sp³-hybridized carbons (Fsp3) is 0.267. The van der Waals surface area contributed by atoms with Crippen molar-refractivity contribution in [1.82, 2.24) is 9.97 Å². The standard InChI is InChI=1S/C15H18N4O2/c1-19(8-6-11-5-3-4-7-17-11)14-9-12(15(20)21-2)13(16)10-18-14/h3-5,7,9-10H,6,8,16H2,1-2H3. The van der Waals surface area contributed by atoms with E-state index in [4.69, 9.17) is 10.5 Å². The highest BCUT2D eigenvalue weighted by atomic mass is 16.5. The Bertz CT molecular complexity index is 616. The Labute approximate surface area is 123 Å². The number of methoxy groups -OCH3 is 1. The van der Waals surface area contributed by atoms with E-state index < -0.39 is 5.97 Å². The molecule has 2 heterocycles. The Morgan fingerprint density at radius 3 is 2.86 bits per heavy atom. The summed E-state index contributed by atoms with van der Waals surface area (Å²) in [4.78, 5) is 22.1. The third-order valence-corrected chi connectivity index (χ3v) is 3.15. The summed E-state index contributed by atoms with van der Waals surface area (Å²) in [5.74, 6) is 0.204. The number of rotatable bonds is 5. The van der Waals surface area contributed by atoms with Gasteiger partial charge in [-0.2, -0.15) is 0 Å². The van der Waals surface area contributed by atoms with E-state index in [-0.39, 0.29) is 0 Å². The number of hydrogen-bond donors (Lipinski definition) is 1. The Morgan fingerprint density at radius 1 is 1.38 bits per heavy atom. The van der Waals surface area contributed by atoms with Crippen LogP contribution in [0, 0.1) is 0 Å². The highest BCUT2D eigenvalue weighted by molar-refractivity contribution is 5.95. The number of carbonyl (C=O) groups is 1. The molecule has 0 aliphatic carbocycles. The normalized spacial score (nSPS) is 10.2. The number of anilines is 2. The SMILES string of the molecule is COC(=O)c1cc(N(C)CCc2ccccn2)ncc1N. The molecule has 2 rings (SSSR count). The second kappa shape index (κ2) is 6.69. The number of pyridine rings is 2. The molecule has 0 atom stereocenters. The van der Waals surface area contributed by atoms with Crippen molar-refractivity contribution in [3.8, 4) is 0 Å². The minimum atomic E-state index is -0.464. The van der Waals surface area contributed by atoms with Crippen LogP contribution in [-0.2, 0) is 11.2 Å². The predicted molar refractivity (Wildman–Crippen MR) is 81.2 cm³/mol. The molecule has 2 aromatic heterocycles. The maximum absolute atomic E-state index is 11.6. The van der Waals surface area contributed by atoms with Gasteiger partial charge in [-0.1, -0.05) is 6.07 Å². The van der Waals surface area contributed by atoms with Crippen LogP contribution in [0.3, 0.4) is 0 Å². The molecule has 21 heavy (non-hydrogen) atoms. The van der Waals surface area contributed by atoms with E-state index in [0.29, 0.717) is 17.1 Å². The van der Waals surface area contributed by atoms with Crippen LogP contribution >= 0.6 is 0 Å². The Morgan fingerprint density at radius 2 is 2.19 bits per heavy atom. The second-order valence-electron chi connectivity index (χ2n) is 4.61. The summed E-state index contributed by atoms with van der Waals surface area (Å²) in [7, 11) is 3.23. The highest BCUT2D eigenvalue weighted by Gasteiger charge is 2.13. The lowest BCUT2D eigenvalue weighted by atomic mass is 10.2. The van der Waals surface area contributed by atoms with Gasteiger partial charge in [0.1, 0.15) is 5.82 Å². The monoisotopic (exact) mass is 286 g/mol. The van der Waals surface area contributed by atoms with Crippen molar-refractivity contribution >= 4 is 17.5 Å². The maximum Gasteiger partial charge on any atom is 0.340 e. The highest BCUT2D eigenvalue weighted by Crippen LogP contribution is 2.18. The number of likely N-dealkylation sites (N-methyl/N-ethyl adjacent to an activating group) is 1. The number of nitrogens with zero attached hydrogens (tertiary/aromatic N) is 3. The number of nitrogen functional groups attached to an aromatic ring is 1. The summed E-state index contributed by atoms with van der Waals surface area (Å²) in [5.41, 5.74) is 7.38. The number of hydrogen-bond acceptors (Lipinski definition) is 6. The molecule has 0 fully saturated rings. The summed E-state index contributed by atoms with van der Waals surface area (Å²) in [5, 5.41) is 0. The first-order chi connectivity index (χ1) is 10.1. The molecule has 0 radical (unpaired) electrons. The van der Waals surface area contributed by atoms with Crippen LogP contribution in [0.1, 0.15) is 16.1 Å². The van der Waals surface area contributed by atoms with E-state index in [1.165, 1.54) is 13.3 Å². The third-order valence-electron chi connectivity index (χ3n) is 3.15. The van der Waals surface area contributed by atoms with Crippen molar-refractivity contribution in [3.05, 3.63) is 47.9 Å². The van der Waals surface area contributed by atoms with Gasteiger partial charge in [0, 0.05) is 31.9 Å². The number of carbonyl (C=O) groups excluding carboxylic acids is 1. The number of nitrogens with two attached hydrogens (primary N) is 1. The van der Waals surface area contributed by atoms with E-state index in [9.17, 15) is 4.79 Å². The van der Waals surface area contributed by atoms with Crippen molar-refractivity contribution in [1.29, 1.82) is 0 Å². The molecule has 6 nitrogen and oxygen atoms in total. The molecule has 0 spiro atoms. The fourth-order valence-electron chi connectivity index (χ4n) is 1.89. The lowest BCUT2D eigenvalue weighted by Gasteiger charge is -2.18. The van der Waals surface area contributed by atoms with E-state index in [1.807, 2.05) is 30.1 Å². The molecule has 0 bridgehead atoms. The van der Waals surface area contributed by atoms with E-state index in [1.54, 1.807) is 12.3 Å². The zero-order valence-electron chi connectivity index (χ0n) is 12.1. The molecule has 2 N–H and O–H groups in total. The number of aromatic nitrogens is 2. The van der Waals surface area contributed by atoms with Crippen molar-refractivity contribution < 1.29 is 9.53 Å². The molecule has 2 aromatic rings. The summed E-state index contributed by atoms with van der Waals surface area (Å²) in [6.07, 6.45) is 4.03. The largest absolute Gasteiger partial charge is 0.465 e. The van der Waals surface area contributed by atoms with Crippen LogP contribution in [0.4, 0.5) is 11.5 Å². The van der Waals surface area contributed by atoms with Gasteiger partial charge in [0.25, 0.3) is 0 Å². The predicted octanol–water partition coefficient (Wildman–Crippen LogP) is 1.52. The molecular formula is C15H18N4O2. The lowest BCUT2D eigenvalue weighted by molar-refractivity contribution is 0.0602. The first-order valence-electron chi connectivity index (χ1n) is 6.56. The van der Waals surface area contributed by atoms with Crippen molar-refractivity contribution in [2.75, 3.05) is 31.3 Å². The van der Waals surface area contributed by atoms with Gasteiger partial charge in [-0.25, -0.2) is 9.78 Å². The number of esters is 1. The van der Waals surface area contributed by atoms with Crippen molar-refractivity contribution in [2.45, 2.75) is 6.42 Å². The Balaban J connectivity index is 2.09. The molecule has 0 aliphatic rings. The van der Waals surface area contributed by atoms with Crippen LogP contribution in [0.2, 0.25) is 0 Å². The van der Waals surface area contributed by atoms with Gasteiger partial charge in [-0.15, -0.1) is 0 Å². The first-order valence-corrected chi connectivity index (χ1v) is 6.56. The molecule has 110 valence electrons. The van der Waals surface area contributed by atoms with Gasteiger partial charge in [-0.05, 0) is 18.2 Å². The molecule has 0 aromatic carbocycles. The molecule has 6 heteroatoms. The van der Waals surface area contributed by atoms with Crippen LogP contribution in [0.5, 0.6) is 0 Å². The molecule has 0 amide bonds. The topological polar surface area (TPSA) is 81.3 Å². The summed E-state index contributed by atoms with van der Waals surface area (Å²) in [6.45, 7) is 0.731. The quantitative estimate of drug-likeness (QED) is 0.839. The fourth-order valence-corrected chi connectivity index (χ4v) is 1.89. The molecule has 0 saturated carbocycles. The van der Waals surface area contributed by atoms with Crippen molar-refractivity contribution in [3.63, 3.8) is 0 Å². The lowest BCUT2D eigenvalue weighted by Crippen LogP contribution is -2.22.